The van der Waals surface area contributed by atoms with Crippen molar-refractivity contribution in [3.63, 3.8) is 0 Å². The second-order valence-corrected chi connectivity index (χ2v) is 8.55. The van der Waals surface area contributed by atoms with E-state index in [9.17, 15) is 10.1 Å². The van der Waals surface area contributed by atoms with Gasteiger partial charge in [-0.15, -0.1) is 0 Å². The van der Waals surface area contributed by atoms with Crippen LogP contribution in [0.5, 0.6) is 23.0 Å². The van der Waals surface area contributed by atoms with Gasteiger partial charge in [-0.3, -0.25) is 0 Å². The predicted molar refractivity (Wildman–Crippen MR) is 136 cm³/mol. The van der Waals surface area contributed by atoms with Crippen LogP contribution in [0.3, 0.4) is 0 Å². The lowest BCUT2D eigenvalue weighted by Crippen LogP contribution is -2.21. The largest absolute Gasteiger partial charge is 0.490 e. The van der Waals surface area contributed by atoms with E-state index in [-0.39, 0.29) is 27.8 Å². The number of nitrogens with two attached hydrogens (primary N) is 1. The van der Waals surface area contributed by atoms with Crippen molar-refractivity contribution in [1.82, 2.24) is 0 Å². The topological polar surface area (TPSA) is 104 Å². The van der Waals surface area contributed by atoms with Crippen LogP contribution < -0.4 is 24.7 Å². The Morgan fingerprint density at radius 1 is 1.03 bits per heavy atom. The van der Waals surface area contributed by atoms with E-state index in [1.54, 1.807) is 30.3 Å². The van der Waals surface area contributed by atoms with Crippen molar-refractivity contribution < 1.29 is 23.7 Å². The van der Waals surface area contributed by atoms with Crippen LogP contribution in [0.4, 0.5) is 0 Å². The molecule has 0 radical (unpaired) electrons. The quantitative estimate of drug-likeness (QED) is 0.288. The highest BCUT2D eigenvalue weighted by molar-refractivity contribution is 6.36. The van der Waals surface area contributed by atoms with Gasteiger partial charge >= 0.3 is 5.97 Å². The van der Waals surface area contributed by atoms with E-state index in [4.69, 9.17) is 47.9 Å². The lowest BCUT2D eigenvalue weighted by molar-refractivity contribution is 0.0734. The highest BCUT2D eigenvalue weighted by Gasteiger charge is 2.32. The summed E-state index contributed by atoms with van der Waals surface area (Å²) in [4.78, 5) is 12.7. The molecule has 1 atom stereocenters. The van der Waals surface area contributed by atoms with E-state index in [1.165, 1.54) is 12.1 Å². The Morgan fingerprint density at radius 2 is 1.78 bits per heavy atom. The van der Waals surface area contributed by atoms with Crippen LogP contribution >= 0.6 is 23.2 Å². The van der Waals surface area contributed by atoms with E-state index in [0.717, 1.165) is 5.56 Å². The van der Waals surface area contributed by atoms with Gasteiger partial charge in [0.15, 0.2) is 11.5 Å². The van der Waals surface area contributed by atoms with Crippen molar-refractivity contribution in [1.29, 1.82) is 5.26 Å². The van der Waals surface area contributed by atoms with Crippen molar-refractivity contribution in [2.24, 2.45) is 5.73 Å². The number of fused-ring (bicyclic) bond motifs is 1. The number of halogens is 2. The van der Waals surface area contributed by atoms with Crippen molar-refractivity contribution in [3.05, 3.63) is 92.8 Å². The molecule has 36 heavy (non-hydrogen) atoms. The van der Waals surface area contributed by atoms with Crippen LogP contribution in [0.1, 0.15) is 41.3 Å². The van der Waals surface area contributed by atoms with E-state index < -0.39 is 11.9 Å². The van der Waals surface area contributed by atoms with E-state index in [0.29, 0.717) is 41.0 Å². The molecule has 4 rings (SSSR count). The number of allylic oxidation sites excluding steroid dienone is 1. The van der Waals surface area contributed by atoms with Gasteiger partial charge in [0.25, 0.3) is 0 Å². The fourth-order valence-corrected chi connectivity index (χ4v) is 4.39. The molecule has 0 saturated heterocycles. The Balaban J connectivity index is 1.71. The first kappa shape index (κ1) is 25.2. The second-order valence-electron chi connectivity index (χ2n) is 7.71. The summed E-state index contributed by atoms with van der Waals surface area (Å²) in [7, 11) is 0. The van der Waals surface area contributed by atoms with Crippen molar-refractivity contribution in [2.75, 3.05) is 13.2 Å². The number of rotatable bonds is 7. The fraction of sp³-hybridized carbons (Fsp3) is 0.185. The summed E-state index contributed by atoms with van der Waals surface area (Å²) >= 11 is 12.0. The van der Waals surface area contributed by atoms with Crippen LogP contribution in [0.25, 0.3) is 0 Å². The molecule has 9 heteroatoms. The molecule has 1 aliphatic rings. The molecule has 2 N–H and O–H groups in total. The van der Waals surface area contributed by atoms with E-state index in [2.05, 4.69) is 6.07 Å². The fourth-order valence-electron chi connectivity index (χ4n) is 3.91. The molecule has 0 aromatic heterocycles. The molecule has 0 spiro atoms. The molecular weight excluding hydrogens is 503 g/mol. The summed E-state index contributed by atoms with van der Waals surface area (Å²) in [6.45, 7) is 4.70. The molecule has 1 heterocycles. The van der Waals surface area contributed by atoms with E-state index in [1.807, 2.05) is 26.0 Å². The summed E-state index contributed by atoms with van der Waals surface area (Å²) < 4.78 is 22.7. The molecule has 7 nitrogen and oxygen atoms in total. The number of nitriles is 1. The lowest BCUT2D eigenvalue weighted by Gasteiger charge is -2.27. The van der Waals surface area contributed by atoms with Gasteiger partial charge < -0.3 is 24.7 Å². The van der Waals surface area contributed by atoms with Gasteiger partial charge in [0, 0.05) is 16.7 Å². The summed E-state index contributed by atoms with van der Waals surface area (Å²) in [6.07, 6.45) is 0. The van der Waals surface area contributed by atoms with Crippen molar-refractivity contribution in [2.45, 2.75) is 19.8 Å². The SMILES string of the molecule is CCOc1ccc(C2C(C#N)=C(N)Oc3cc(OC(=O)c4ccc(Cl)cc4Cl)ccc32)cc1OCC. The number of nitrogens with zero attached hydrogens (tertiary/aromatic N) is 1. The average molecular weight is 525 g/mol. The first-order valence-corrected chi connectivity index (χ1v) is 11.9. The van der Waals surface area contributed by atoms with Gasteiger partial charge in [-0.2, -0.15) is 5.26 Å². The second kappa shape index (κ2) is 10.8. The maximum atomic E-state index is 12.7. The maximum absolute atomic E-state index is 12.7. The third-order valence-corrected chi connectivity index (χ3v) is 6.00. The Labute approximate surface area is 218 Å². The van der Waals surface area contributed by atoms with Crippen LogP contribution in [-0.4, -0.2) is 19.2 Å². The van der Waals surface area contributed by atoms with E-state index >= 15 is 0 Å². The minimum atomic E-state index is -0.655. The van der Waals surface area contributed by atoms with Gasteiger partial charge in [-0.25, -0.2) is 4.79 Å². The van der Waals surface area contributed by atoms with Crippen LogP contribution in [-0.2, 0) is 0 Å². The molecule has 0 amide bonds. The highest BCUT2D eigenvalue weighted by Crippen LogP contribution is 2.45. The Kier molecular flexibility index (Phi) is 7.58. The lowest BCUT2D eigenvalue weighted by atomic mass is 9.83. The van der Waals surface area contributed by atoms with Crippen LogP contribution in [0.15, 0.2) is 66.1 Å². The first-order chi connectivity index (χ1) is 17.4. The molecule has 1 unspecified atom stereocenters. The Hall–Kier alpha value is -3.86. The van der Waals surface area contributed by atoms with Crippen molar-refractivity contribution >= 4 is 29.2 Å². The molecule has 3 aromatic carbocycles. The maximum Gasteiger partial charge on any atom is 0.345 e. The standard InChI is InChI=1S/C27H22Cl2N2O5/c1-3-33-22-10-5-15(11-24(22)34-4-2)25-19-9-7-17(13-23(19)36-26(31)20(25)14-30)35-27(32)18-8-6-16(28)12-21(18)29/h5-13,25H,3-4,31H2,1-2H3. The average Bonchev–Trinajstić information content (AvgIpc) is 2.84. The highest BCUT2D eigenvalue weighted by atomic mass is 35.5. The molecule has 3 aromatic rings. The summed E-state index contributed by atoms with van der Waals surface area (Å²) in [6, 6.07) is 17.0. The van der Waals surface area contributed by atoms with Gasteiger partial charge in [0.05, 0.1) is 29.7 Å². The predicted octanol–water partition coefficient (Wildman–Crippen LogP) is 6.23. The summed E-state index contributed by atoms with van der Waals surface area (Å²) in [5, 5.41) is 10.4. The molecule has 0 bridgehead atoms. The van der Waals surface area contributed by atoms with Gasteiger partial charge in [-0.1, -0.05) is 35.3 Å². The zero-order valence-corrected chi connectivity index (χ0v) is 21.0. The molecule has 0 saturated carbocycles. The zero-order chi connectivity index (χ0) is 25.8. The summed E-state index contributed by atoms with van der Waals surface area (Å²) in [5.74, 6) is 0.530. The van der Waals surface area contributed by atoms with Gasteiger partial charge in [0.2, 0.25) is 5.88 Å². The number of benzene rings is 3. The first-order valence-electron chi connectivity index (χ1n) is 11.1. The number of ether oxygens (including phenoxy) is 4. The number of hydrogen-bond acceptors (Lipinski definition) is 7. The normalized spacial score (nSPS) is 14.4. The minimum absolute atomic E-state index is 0.0360. The molecule has 1 aliphatic heterocycles. The van der Waals surface area contributed by atoms with Crippen LogP contribution in [0, 0.1) is 11.3 Å². The molecule has 0 fully saturated rings. The number of carbonyl (C=O) groups excluding carboxylic acids is 1. The Morgan fingerprint density at radius 3 is 2.47 bits per heavy atom. The molecule has 0 aliphatic carbocycles. The molecule has 184 valence electrons. The number of esters is 1. The van der Waals surface area contributed by atoms with Gasteiger partial charge in [-0.05, 0) is 55.8 Å². The third kappa shape index (κ3) is 5.06. The zero-order valence-electron chi connectivity index (χ0n) is 19.5. The number of hydrogen-bond donors (Lipinski definition) is 1. The summed E-state index contributed by atoms with van der Waals surface area (Å²) in [5.41, 5.74) is 7.99. The van der Waals surface area contributed by atoms with Crippen molar-refractivity contribution in [3.8, 4) is 29.1 Å². The smallest absolute Gasteiger partial charge is 0.345 e. The van der Waals surface area contributed by atoms with Crippen LogP contribution in [0.2, 0.25) is 10.0 Å². The Bertz CT molecular complexity index is 1400. The third-order valence-electron chi connectivity index (χ3n) is 5.45. The number of carbonyl (C=O) groups is 1. The van der Waals surface area contributed by atoms with Gasteiger partial charge in [0.1, 0.15) is 23.1 Å². The molecular formula is C27H22Cl2N2O5. The monoisotopic (exact) mass is 524 g/mol. The minimum Gasteiger partial charge on any atom is -0.490 e.